The Hall–Kier alpha value is -0.850. The fourth-order valence-corrected chi connectivity index (χ4v) is 2.70. The topological polar surface area (TPSA) is 42.0 Å². The summed E-state index contributed by atoms with van der Waals surface area (Å²) in [6.45, 7) is 0.444. The minimum Gasteiger partial charge on any atom is -0.345 e. The molecular weight excluding hydrogens is 320 g/mol. The Bertz CT molecular complexity index is 528. The molecule has 0 aliphatic rings. The van der Waals surface area contributed by atoms with Gasteiger partial charge in [-0.25, -0.2) is 4.98 Å². The van der Waals surface area contributed by atoms with Crippen LogP contribution in [-0.4, -0.2) is 10.9 Å². The standard InChI is InChI=1S/C11H9BrN2OS2/c12-7-1-2-8(9(16)5-7)11(15)14-6-10-13-3-4-17-10/h1-5,16H,6H2,(H,14,15). The largest absolute Gasteiger partial charge is 0.345 e. The minimum absolute atomic E-state index is 0.141. The number of amides is 1. The van der Waals surface area contributed by atoms with E-state index in [4.69, 9.17) is 0 Å². The van der Waals surface area contributed by atoms with E-state index >= 15 is 0 Å². The molecule has 1 amide bonds. The van der Waals surface area contributed by atoms with E-state index < -0.39 is 0 Å². The first kappa shape index (κ1) is 12.6. The summed E-state index contributed by atoms with van der Waals surface area (Å²) < 4.78 is 0.902. The van der Waals surface area contributed by atoms with E-state index in [9.17, 15) is 4.79 Å². The number of halogens is 1. The average molecular weight is 329 g/mol. The van der Waals surface area contributed by atoms with Crippen LogP contribution in [0.2, 0.25) is 0 Å². The molecule has 0 aliphatic carbocycles. The summed E-state index contributed by atoms with van der Waals surface area (Å²) in [5.41, 5.74) is 0.563. The zero-order chi connectivity index (χ0) is 12.3. The zero-order valence-electron chi connectivity index (χ0n) is 8.68. The number of rotatable bonds is 3. The van der Waals surface area contributed by atoms with Crippen molar-refractivity contribution in [1.29, 1.82) is 0 Å². The summed E-state index contributed by atoms with van der Waals surface area (Å²) in [5.74, 6) is -0.141. The van der Waals surface area contributed by atoms with Gasteiger partial charge in [-0.05, 0) is 18.2 Å². The Morgan fingerprint density at radius 2 is 2.35 bits per heavy atom. The van der Waals surface area contributed by atoms with Crippen LogP contribution in [0.25, 0.3) is 0 Å². The number of thiol groups is 1. The summed E-state index contributed by atoms with van der Waals surface area (Å²) in [5, 5.41) is 5.57. The Balaban J connectivity index is 2.04. The van der Waals surface area contributed by atoms with E-state index in [1.165, 1.54) is 11.3 Å². The van der Waals surface area contributed by atoms with Crippen molar-refractivity contribution in [1.82, 2.24) is 10.3 Å². The Kier molecular flexibility index (Phi) is 4.20. The number of carbonyl (C=O) groups is 1. The molecule has 0 saturated carbocycles. The number of nitrogens with zero attached hydrogens (tertiary/aromatic N) is 1. The molecule has 17 heavy (non-hydrogen) atoms. The van der Waals surface area contributed by atoms with Crippen LogP contribution >= 0.6 is 39.9 Å². The molecule has 2 rings (SSSR count). The summed E-state index contributed by atoms with van der Waals surface area (Å²) >= 11 is 9.11. The summed E-state index contributed by atoms with van der Waals surface area (Å²) in [6.07, 6.45) is 1.72. The molecule has 3 nitrogen and oxygen atoms in total. The number of thiazole rings is 1. The molecule has 88 valence electrons. The molecule has 1 aromatic carbocycles. The van der Waals surface area contributed by atoms with E-state index in [1.807, 2.05) is 11.4 Å². The smallest absolute Gasteiger partial charge is 0.252 e. The van der Waals surface area contributed by atoms with E-state index in [-0.39, 0.29) is 5.91 Å². The van der Waals surface area contributed by atoms with Crippen molar-refractivity contribution in [3.63, 3.8) is 0 Å². The SMILES string of the molecule is O=C(NCc1nccs1)c1ccc(Br)cc1S. The first-order valence-corrected chi connectivity index (χ1v) is 6.94. The maximum absolute atomic E-state index is 11.9. The van der Waals surface area contributed by atoms with Crippen molar-refractivity contribution in [3.8, 4) is 0 Å². The van der Waals surface area contributed by atoms with Crippen LogP contribution in [-0.2, 0) is 6.54 Å². The van der Waals surface area contributed by atoms with Gasteiger partial charge in [-0.15, -0.1) is 24.0 Å². The third-order valence-corrected chi connectivity index (χ3v) is 3.73. The first-order valence-electron chi connectivity index (χ1n) is 4.82. The lowest BCUT2D eigenvalue weighted by atomic mass is 10.2. The Morgan fingerprint density at radius 1 is 1.53 bits per heavy atom. The van der Waals surface area contributed by atoms with Crippen LogP contribution in [0.5, 0.6) is 0 Å². The first-order chi connectivity index (χ1) is 8.16. The lowest BCUT2D eigenvalue weighted by Crippen LogP contribution is -2.23. The van der Waals surface area contributed by atoms with Gasteiger partial charge in [-0.3, -0.25) is 4.79 Å². The maximum atomic E-state index is 11.9. The number of carbonyl (C=O) groups excluding carboxylic acids is 1. The summed E-state index contributed by atoms with van der Waals surface area (Å²) in [7, 11) is 0. The second-order valence-corrected chi connectivity index (χ2v) is 5.65. The number of nitrogens with one attached hydrogen (secondary N) is 1. The lowest BCUT2D eigenvalue weighted by molar-refractivity contribution is 0.0948. The van der Waals surface area contributed by atoms with Crippen molar-refractivity contribution in [2.24, 2.45) is 0 Å². The van der Waals surface area contributed by atoms with Gasteiger partial charge < -0.3 is 5.32 Å². The van der Waals surface area contributed by atoms with Gasteiger partial charge >= 0.3 is 0 Å². The minimum atomic E-state index is -0.141. The molecule has 2 aromatic rings. The van der Waals surface area contributed by atoms with Crippen molar-refractivity contribution in [2.45, 2.75) is 11.4 Å². The molecule has 0 spiro atoms. The fourth-order valence-electron chi connectivity index (χ4n) is 1.29. The van der Waals surface area contributed by atoms with E-state index in [0.29, 0.717) is 17.0 Å². The second kappa shape index (κ2) is 5.66. The highest BCUT2D eigenvalue weighted by Crippen LogP contribution is 2.19. The number of aromatic nitrogens is 1. The molecule has 1 heterocycles. The highest BCUT2D eigenvalue weighted by atomic mass is 79.9. The van der Waals surface area contributed by atoms with E-state index in [0.717, 1.165) is 9.48 Å². The Labute approximate surface area is 117 Å². The number of hydrogen-bond donors (Lipinski definition) is 2. The molecule has 0 aliphatic heterocycles. The third kappa shape index (κ3) is 3.31. The highest BCUT2D eigenvalue weighted by molar-refractivity contribution is 9.10. The quantitative estimate of drug-likeness (QED) is 0.850. The molecule has 0 unspecified atom stereocenters. The lowest BCUT2D eigenvalue weighted by Gasteiger charge is -2.06. The third-order valence-electron chi connectivity index (χ3n) is 2.09. The predicted molar refractivity (Wildman–Crippen MR) is 74.7 cm³/mol. The van der Waals surface area contributed by atoms with Crippen LogP contribution in [0.3, 0.4) is 0 Å². The van der Waals surface area contributed by atoms with Gasteiger partial charge in [0.15, 0.2) is 0 Å². The summed E-state index contributed by atoms with van der Waals surface area (Å²) in [6, 6.07) is 5.35. The molecule has 1 aromatic heterocycles. The van der Waals surface area contributed by atoms with Gasteiger partial charge in [-0.1, -0.05) is 15.9 Å². The maximum Gasteiger partial charge on any atom is 0.252 e. The molecule has 6 heteroatoms. The van der Waals surface area contributed by atoms with E-state index in [1.54, 1.807) is 18.3 Å². The highest BCUT2D eigenvalue weighted by Gasteiger charge is 2.09. The Morgan fingerprint density at radius 3 is 3.00 bits per heavy atom. The molecule has 0 bridgehead atoms. The monoisotopic (exact) mass is 328 g/mol. The fraction of sp³-hybridized carbons (Fsp3) is 0.0909. The van der Waals surface area contributed by atoms with Gasteiger partial charge in [-0.2, -0.15) is 0 Å². The molecule has 1 N–H and O–H groups in total. The van der Waals surface area contributed by atoms with Gasteiger partial charge in [0.05, 0.1) is 12.1 Å². The molecule has 0 saturated heterocycles. The van der Waals surface area contributed by atoms with Gasteiger partial charge in [0.1, 0.15) is 5.01 Å². The molecular formula is C11H9BrN2OS2. The van der Waals surface area contributed by atoms with Crippen molar-refractivity contribution in [3.05, 3.63) is 44.8 Å². The van der Waals surface area contributed by atoms with Crippen LogP contribution in [0.15, 0.2) is 39.1 Å². The molecule has 0 radical (unpaired) electrons. The average Bonchev–Trinajstić information content (AvgIpc) is 2.78. The molecule has 0 fully saturated rings. The van der Waals surface area contributed by atoms with Gasteiger partial charge in [0, 0.05) is 20.9 Å². The van der Waals surface area contributed by atoms with Crippen LogP contribution in [0.4, 0.5) is 0 Å². The van der Waals surface area contributed by atoms with Crippen molar-refractivity contribution in [2.75, 3.05) is 0 Å². The summed E-state index contributed by atoms with van der Waals surface area (Å²) in [4.78, 5) is 16.6. The number of hydrogen-bond acceptors (Lipinski definition) is 4. The van der Waals surface area contributed by atoms with Gasteiger partial charge in [0.2, 0.25) is 0 Å². The van der Waals surface area contributed by atoms with Crippen LogP contribution in [0.1, 0.15) is 15.4 Å². The van der Waals surface area contributed by atoms with Crippen molar-refractivity contribution >= 4 is 45.8 Å². The van der Waals surface area contributed by atoms with Crippen LogP contribution in [0, 0.1) is 0 Å². The van der Waals surface area contributed by atoms with E-state index in [2.05, 4.69) is 38.9 Å². The molecule has 0 atom stereocenters. The zero-order valence-corrected chi connectivity index (χ0v) is 12.0. The van der Waals surface area contributed by atoms with Crippen LogP contribution < -0.4 is 5.32 Å². The van der Waals surface area contributed by atoms with Gasteiger partial charge in [0.25, 0.3) is 5.91 Å². The van der Waals surface area contributed by atoms with Crippen molar-refractivity contribution < 1.29 is 4.79 Å². The predicted octanol–water partition coefficient (Wildman–Crippen LogP) is 3.12. The second-order valence-electron chi connectivity index (χ2n) is 3.27. The number of benzene rings is 1. The normalized spacial score (nSPS) is 10.2.